The molecule has 1 aromatic carbocycles. The summed E-state index contributed by atoms with van der Waals surface area (Å²) in [4.78, 5) is 0. The molecule has 24 heavy (non-hydrogen) atoms. The van der Waals surface area contributed by atoms with Crippen LogP contribution in [0.5, 0.6) is 5.75 Å². The summed E-state index contributed by atoms with van der Waals surface area (Å²) < 4.78 is 33.7. The van der Waals surface area contributed by atoms with Crippen LogP contribution < -0.4 is 9.46 Å². The molecular formula is C17H20ClNO3S2. The van der Waals surface area contributed by atoms with E-state index in [-0.39, 0.29) is 9.62 Å². The molecule has 130 valence electrons. The second kappa shape index (κ2) is 7.04. The van der Waals surface area contributed by atoms with Gasteiger partial charge in [0.1, 0.15) is 9.96 Å². The van der Waals surface area contributed by atoms with Gasteiger partial charge in [-0.15, -0.1) is 11.3 Å². The molecule has 7 heteroatoms. The Bertz CT molecular complexity index is 793. The van der Waals surface area contributed by atoms with E-state index in [4.69, 9.17) is 16.3 Å². The smallest absolute Gasteiger partial charge is 0.250 e. The molecule has 1 heterocycles. The SMILES string of the molecule is COc1ccc(C2(CNS(=O)(=O)c3ccc(Cl)s3)CCCC2)cc1. The number of rotatable bonds is 6. The van der Waals surface area contributed by atoms with Crippen molar-refractivity contribution in [2.24, 2.45) is 0 Å². The van der Waals surface area contributed by atoms with Crippen molar-refractivity contribution in [3.05, 3.63) is 46.3 Å². The number of nitrogens with one attached hydrogen (secondary N) is 1. The Morgan fingerprint density at radius 1 is 1.17 bits per heavy atom. The van der Waals surface area contributed by atoms with Crippen LogP contribution in [0.2, 0.25) is 4.34 Å². The Kier molecular flexibility index (Phi) is 5.20. The molecule has 3 rings (SSSR count). The monoisotopic (exact) mass is 385 g/mol. The molecule has 1 aliphatic rings. The van der Waals surface area contributed by atoms with Crippen molar-refractivity contribution in [2.75, 3.05) is 13.7 Å². The van der Waals surface area contributed by atoms with Crippen LogP contribution in [0.1, 0.15) is 31.2 Å². The van der Waals surface area contributed by atoms with Gasteiger partial charge in [-0.2, -0.15) is 0 Å². The first kappa shape index (κ1) is 17.7. The van der Waals surface area contributed by atoms with Gasteiger partial charge >= 0.3 is 0 Å². The summed E-state index contributed by atoms with van der Waals surface area (Å²) in [5, 5.41) is 0. The van der Waals surface area contributed by atoms with Crippen molar-refractivity contribution in [3.63, 3.8) is 0 Å². The zero-order chi connectivity index (χ0) is 17.2. The van der Waals surface area contributed by atoms with Crippen molar-refractivity contribution in [3.8, 4) is 5.75 Å². The number of thiophene rings is 1. The summed E-state index contributed by atoms with van der Waals surface area (Å²) in [6, 6.07) is 11.1. The van der Waals surface area contributed by atoms with Crippen molar-refractivity contribution in [1.29, 1.82) is 0 Å². The second-order valence-electron chi connectivity index (χ2n) is 6.10. The lowest BCUT2D eigenvalue weighted by Gasteiger charge is -2.30. The fourth-order valence-electron chi connectivity index (χ4n) is 3.31. The molecule has 2 aromatic rings. The Balaban J connectivity index is 1.81. The number of hydrogen-bond acceptors (Lipinski definition) is 4. The van der Waals surface area contributed by atoms with E-state index >= 15 is 0 Å². The third kappa shape index (κ3) is 3.61. The average molecular weight is 386 g/mol. The van der Waals surface area contributed by atoms with Crippen LogP contribution in [0.3, 0.4) is 0 Å². The molecule has 1 saturated carbocycles. The summed E-state index contributed by atoms with van der Waals surface area (Å²) in [6.07, 6.45) is 4.18. The minimum absolute atomic E-state index is 0.152. The van der Waals surface area contributed by atoms with E-state index in [0.717, 1.165) is 48.3 Å². The van der Waals surface area contributed by atoms with Crippen molar-refractivity contribution in [2.45, 2.75) is 35.3 Å². The molecule has 0 atom stereocenters. The fraction of sp³-hybridized carbons (Fsp3) is 0.412. The molecule has 4 nitrogen and oxygen atoms in total. The highest BCUT2D eigenvalue weighted by atomic mass is 35.5. The second-order valence-corrected chi connectivity index (χ2v) is 9.81. The largest absolute Gasteiger partial charge is 0.497 e. The summed E-state index contributed by atoms with van der Waals surface area (Å²) >= 11 is 6.94. The highest BCUT2D eigenvalue weighted by Gasteiger charge is 2.37. The van der Waals surface area contributed by atoms with Gasteiger partial charge in [0.15, 0.2) is 0 Å². The third-order valence-electron chi connectivity index (χ3n) is 4.68. The third-order valence-corrected chi connectivity index (χ3v) is 7.80. The topological polar surface area (TPSA) is 55.4 Å². The molecule has 0 bridgehead atoms. The average Bonchev–Trinajstić information content (AvgIpc) is 3.23. The zero-order valence-corrected chi connectivity index (χ0v) is 15.8. The lowest BCUT2D eigenvalue weighted by molar-refractivity contribution is 0.410. The van der Waals surface area contributed by atoms with Crippen molar-refractivity contribution >= 4 is 33.0 Å². The highest BCUT2D eigenvalue weighted by molar-refractivity contribution is 7.91. The van der Waals surface area contributed by atoms with Gasteiger partial charge < -0.3 is 4.74 Å². The van der Waals surface area contributed by atoms with Gasteiger partial charge in [-0.3, -0.25) is 0 Å². The molecule has 0 spiro atoms. The summed E-state index contributed by atoms with van der Waals surface area (Å²) in [5.74, 6) is 0.806. The lowest BCUT2D eigenvalue weighted by atomic mass is 9.79. The van der Waals surface area contributed by atoms with Gasteiger partial charge in [0.05, 0.1) is 11.4 Å². The number of benzene rings is 1. The number of sulfonamides is 1. The van der Waals surface area contributed by atoms with Gasteiger partial charge in [0, 0.05) is 12.0 Å². The summed E-state index contributed by atoms with van der Waals surface area (Å²) in [7, 11) is -1.89. The normalized spacial score (nSPS) is 17.1. The fourth-order valence-corrected chi connectivity index (χ4v) is 5.96. The number of ether oxygens (including phenoxy) is 1. The molecule has 0 radical (unpaired) electrons. The van der Waals surface area contributed by atoms with E-state index in [1.165, 1.54) is 0 Å². The molecule has 0 aliphatic heterocycles. The Morgan fingerprint density at radius 3 is 2.38 bits per heavy atom. The van der Waals surface area contributed by atoms with Crippen LogP contribution in [0.15, 0.2) is 40.6 Å². The molecule has 1 aromatic heterocycles. The first-order valence-corrected chi connectivity index (χ1v) is 10.5. The number of methoxy groups -OCH3 is 1. The van der Waals surface area contributed by atoms with Crippen LogP contribution >= 0.6 is 22.9 Å². The lowest BCUT2D eigenvalue weighted by Crippen LogP contribution is -2.38. The molecule has 1 aliphatic carbocycles. The van der Waals surface area contributed by atoms with Crippen molar-refractivity contribution < 1.29 is 13.2 Å². The van der Waals surface area contributed by atoms with E-state index in [1.54, 1.807) is 19.2 Å². The van der Waals surface area contributed by atoms with Crippen LogP contribution in [0.25, 0.3) is 0 Å². The van der Waals surface area contributed by atoms with Gasteiger partial charge in [-0.1, -0.05) is 36.6 Å². The van der Waals surface area contributed by atoms with E-state index in [0.29, 0.717) is 10.9 Å². The van der Waals surface area contributed by atoms with E-state index in [1.807, 2.05) is 24.3 Å². The van der Waals surface area contributed by atoms with E-state index in [9.17, 15) is 8.42 Å². The molecule has 0 unspecified atom stereocenters. The Hall–Kier alpha value is -1.08. The maximum atomic E-state index is 12.5. The first-order chi connectivity index (χ1) is 11.5. The molecule has 0 amide bonds. The summed E-state index contributed by atoms with van der Waals surface area (Å²) in [5.41, 5.74) is 1.01. The Morgan fingerprint density at radius 2 is 1.83 bits per heavy atom. The molecular weight excluding hydrogens is 366 g/mol. The maximum Gasteiger partial charge on any atom is 0.250 e. The van der Waals surface area contributed by atoms with Gasteiger partial charge in [0.2, 0.25) is 10.0 Å². The Labute approximate surface area is 151 Å². The molecule has 1 N–H and O–H groups in total. The van der Waals surface area contributed by atoms with Gasteiger partial charge in [0.25, 0.3) is 0 Å². The zero-order valence-electron chi connectivity index (χ0n) is 13.4. The van der Waals surface area contributed by atoms with Crippen LogP contribution in [-0.2, 0) is 15.4 Å². The molecule has 0 saturated heterocycles. The van der Waals surface area contributed by atoms with Crippen LogP contribution in [-0.4, -0.2) is 22.1 Å². The first-order valence-electron chi connectivity index (χ1n) is 7.85. The predicted octanol–water partition coefficient (Wildman–Crippen LogP) is 4.20. The molecule has 1 fully saturated rings. The van der Waals surface area contributed by atoms with Gasteiger partial charge in [-0.25, -0.2) is 13.1 Å². The van der Waals surface area contributed by atoms with Crippen LogP contribution in [0, 0.1) is 0 Å². The van der Waals surface area contributed by atoms with E-state index < -0.39 is 10.0 Å². The highest BCUT2D eigenvalue weighted by Crippen LogP contribution is 2.41. The predicted molar refractivity (Wildman–Crippen MR) is 97.7 cm³/mol. The number of hydrogen-bond donors (Lipinski definition) is 1. The quantitative estimate of drug-likeness (QED) is 0.810. The minimum atomic E-state index is -3.53. The minimum Gasteiger partial charge on any atom is -0.497 e. The summed E-state index contributed by atoms with van der Waals surface area (Å²) in [6.45, 7) is 0.400. The van der Waals surface area contributed by atoms with Crippen LogP contribution in [0.4, 0.5) is 0 Å². The maximum absolute atomic E-state index is 12.5. The van der Waals surface area contributed by atoms with Crippen molar-refractivity contribution in [1.82, 2.24) is 4.72 Å². The standard InChI is InChI=1S/C17H20ClNO3S2/c1-22-14-6-4-13(5-7-14)17(10-2-3-11-17)12-19-24(20,21)16-9-8-15(18)23-16/h4-9,19H,2-3,10-12H2,1H3. The number of halogens is 1. The van der Waals surface area contributed by atoms with Gasteiger partial charge in [-0.05, 0) is 42.7 Å². The van der Waals surface area contributed by atoms with E-state index in [2.05, 4.69) is 4.72 Å².